The molecule has 9 nitrogen and oxygen atoms in total. The van der Waals surface area contributed by atoms with E-state index in [9.17, 15) is 29.3 Å². The number of rotatable bonds is 6. The Balaban J connectivity index is 1.63. The van der Waals surface area contributed by atoms with E-state index in [-0.39, 0.29) is 22.4 Å². The number of nitro groups is 1. The zero-order valence-corrected chi connectivity index (χ0v) is 16.4. The first-order chi connectivity index (χ1) is 15.4. The molecule has 1 aliphatic heterocycles. The molecule has 32 heavy (non-hydrogen) atoms. The van der Waals surface area contributed by atoms with Crippen molar-refractivity contribution in [3.05, 3.63) is 105 Å². The minimum Gasteiger partial charge on any atom is -0.454 e. The summed E-state index contributed by atoms with van der Waals surface area (Å²) in [5.74, 6) is -3.06. The lowest BCUT2D eigenvalue weighted by molar-refractivity contribution is -0.385. The highest BCUT2D eigenvalue weighted by atomic mass is 16.6. The maximum atomic E-state index is 13.0. The molecule has 0 aromatic heterocycles. The van der Waals surface area contributed by atoms with E-state index in [4.69, 9.17) is 4.74 Å². The number of hydrogen-bond donors (Lipinski definition) is 0. The second-order valence-corrected chi connectivity index (χ2v) is 6.79. The van der Waals surface area contributed by atoms with Crippen molar-refractivity contribution in [3.63, 3.8) is 0 Å². The van der Waals surface area contributed by atoms with Gasteiger partial charge in [-0.3, -0.25) is 24.5 Å². The number of anilines is 1. The molecule has 0 unspecified atom stereocenters. The molecule has 2 amide bonds. The van der Waals surface area contributed by atoms with Gasteiger partial charge in [0.15, 0.2) is 12.4 Å². The van der Waals surface area contributed by atoms with Crippen LogP contribution < -0.4 is 4.90 Å². The van der Waals surface area contributed by atoms with Crippen LogP contribution in [0.15, 0.2) is 72.8 Å². The molecule has 3 aromatic carbocycles. The molecule has 1 heterocycles. The summed E-state index contributed by atoms with van der Waals surface area (Å²) in [4.78, 5) is 62.0. The van der Waals surface area contributed by atoms with Gasteiger partial charge in [0, 0.05) is 11.6 Å². The molecule has 0 radical (unpaired) electrons. The molecule has 0 spiro atoms. The maximum Gasteiger partial charge on any atom is 0.340 e. The summed E-state index contributed by atoms with van der Waals surface area (Å²) in [6, 6.07) is 17.7. The SMILES string of the molecule is O=C(COC(=O)c1ccccc1N1C(=O)c2cccc([N+](=O)[O-])c2C1=O)c1ccccc1. The molecule has 0 bridgehead atoms. The number of para-hydroxylation sites is 1. The van der Waals surface area contributed by atoms with Gasteiger partial charge in [-0.25, -0.2) is 9.69 Å². The summed E-state index contributed by atoms with van der Waals surface area (Å²) in [6.07, 6.45) is 0. The van der Waals surface area contributed by atoms with Crippen LogP contribution in [0.5, 0.6) is 0 Å². The normalized spacial score (nSPS) is 12.4. The van der Waals surface area contributed by atoms with Gasteiger partial charge in [0.25, 0.3) is 17.5 Å². The van der Waals surface area contributed by atoms with Gasteiger partial charge in [-0.2, -0.15) is 0 Å². The lowest BCUT2D eigenvalue weighted by Gasteiger charge is -2.17. The zero-order chi connectivity index (χ0) is 22.8. The Morgan fingerprint density at radius 2 is 1.56 bits per heavy atom. The van der Waals surface area contributed by atoms with Crippen LogP contribution in [-0.2, 0) is 4.74 Å². The van der Waals surface area contributed by atoms with E-state index in [1.807, 2.05) is 0 Å². The average molecular weight is 430 g/mol. The van der Waals surface area contributed by atoms with Crippen molar-refractivity contribution in [1.82, 2.24) is 0 Å². The van der Waals surface area contributed by atoms with Crippen LogP contribution in [0.25, 0.3) is 0 Å². The molecular weight excluding hydrogens is 416 g/mol. The maximum absolute atomic E-state index is 13.0. The Kier molecular flexibility index (Phi) is 5.30. The molecule has 0 fully saturated rings. The molecule has 0 N–H and O–H groups in total. The van der Waals surface area contributed by atoms with Gasteiger partial charge >= 0.3 is 5.97 Å². The van der Waals surface area contributed by atoms with E-state index in [1.165, 1.54) is 36.4 Å². The minimum atomic E-state index is -0.920. The Labute approximate surface area is 181 Å². The second-order valence-electron chi connectivity index (χ2n) is 6.79. The summed E-state index contributed by atoms with van der Waals surface area (Å²) in [6.45, 7) is -0.537. The van der Waals surface area contributed by atoms with E-state index in [0.29, 0.717) is 10.5 Å². The number of carbonyl (C=O) groups excluding carboxylic acids is 4. The number of carbonyl (C=O) groups is 4. The van der Waals surface area contributed by atoms with Crippen molar-refractivity contribution in [2.45, 2.75) is 0 Å². The first kappa shape index (κ1) is 20.6. The van der Waals surface area contributed by atoms with Gasteiger partial charge in [-0.05, 0) is 18.2 Å². The summed E-state index contributed by atoms with van der Waals surface area (Å²) < 4.78 is 5.11. The van der Waals surface area contributed by atoms with Gasteiger partial charge in [0.2, 0.25) is 0 Å². The third-order valence-electron chi connectivity index (χ3n) is 4.88. The largest absolute Gasteiger partial charge is 0.454 e. The van der Waals surface area contributed by atoms with E-state index >= 15 is 0 Å². The predicted octanol–water partition coefficient (Wildman–Crippen LogP) is 3.44. The quantitative estimate of drug-likeness (QED) is 0.193. The van der Waals surface area contributed by atoms with E-state index in [1.54, 1.807) is 30.3 Å². The number of nitrogens with zero attached hydrogens (tertiary/aromatic N) is 2. The highest BCUT2D eigenvalue weighted by Crippen LogP contribution is 2.35. The van der Waals surface area contributed by atoms with Crippen LogP contribution in [0, 0.1) is 10.1 Å². The van der Waals surface area contributed by atoms with Crippen LogP contribution in [0.1, 0.15) is 41.4 Å². The number of nitro benzene ring substituents is 1. The van der Waals surface area contributed by atoms with Gasteiger partial charge in [0.05, 0.1) is 21.7 Å². The highest BCUT2D eigenvalue weighted by Gasteiger charge is 2.43. The van der Waals surface area contributed by atoms with Crippen LogP contribution in [0.4, 0.5) is 11.4 Å². The molecule has 1 aliphatic rings. The van der Waals surface area contributed by atoms with Crippen molar-refractivity contribution >= 4 is 34.9 Å². The van der Waals surface area contributed by atoms with Gasteiger partial charge in [-0.1, -0.05) is 48.5 Å². The van der Waals surface area contributed by atoms with Crippen LogP contribution in [0.3, 0.4) is 0 Å². The van der Waals surface area contributed by atoms with Gasteiger partial charge in [-0.15, -0.1) is 0 Å². The van der Waals surface area contributed by atoms with Crippen molar-refractivity contribution in [2.24, 2.45) is 0 Å². The Bertz CT molecular complexity index is 1280. The summed E-state index contributed by atoms with van der Waals surface area (Å²) in [5, 5.41) is 11.3. The Hall–Kier alpha value is -4.66. The third-order valence-corrected chi connectivity index (χ3v) is 4.88. The number of ketones is 1. The molecule has 4 rings (SSSR count). The molecule has 9 heteroatoms. The lowest BCUT2D eigenvalue weighted by Crippen LogP contribution is -2.31. The standard InChI is InChI=1S/C23H14N2O7/c26-19(14-7-2-1-3-8-14)13-32-23(29)15-9-4-5-11-17(15)24-21(27)16-10-6-12-18(25(30)31)20(16)22(24)28/h1-12H,13H2. The highest BCUT2D eigenvalue weighted by molar-refractivity contribution is 6.36. The monoisotopic (exact) mass is 430 g/mol. The van der Waals surface area contributed by atoms with Crippen molar-refractivity contribution in [3.8, 4) is 0 Å². The Morgan fingerprint density at radius 1 is 0.875 bits per heavy atom. The van der Waals surface area contributed by atoms with E-state index in [0.717, 1.165) is 6.07 Å². The first-order valence-electron chi connectivity index (χ1n) is 9.40. The fourth-order valence-electron chi connectivity index (χ4n) is 3.40. The van der Waals surface area contributed by atoms with E-state index in [2.05, 4.69) is 0 Å². The van der Waals surface area contributed by atoms with Crippen molar-refractivity contribution in [2.75, 3.05) is 11.5 Å². The third kappa shape index (κ3) is 3.52. The fraction of sp³-hybridized carbons (Fsp3) is 0.0435. The minimum absolute atomic E-state index is 0.0924. The molecule has 0 aliphatic carbocycles. The number of hydrogen-bond acceptors (Lipinski definition) is 7. The topological polar surface area (TPSA) is 124 Å². The number of amides is 2. The number of imide groups is 1. The molecule has 0 atom stereocenters. The van der Waals surface area contributed by atoms with E-state index < -0.39 is 40.8 Å². The predicted molar refractivity (Wildman–Crippen MR) is 112 cm³/mol. The molecule has 0 saturated carbocycles. The number of ether oxygens (including phenoxy) is 1. The van der Waals surface area contributed by atoms with Gasteiger partial charge < -0.3 is 4.74 Å². The van der Waals surface area contributed by atoms with Crippen LogP contribution >= 0.6 is 0 Å². The van der Waals surface area contributed by atoms with Crippen molar-refractivity contribution in [1.29, 1.82) is 0 Å². The van der Waals surface area contributed by atoms with Gasteiger partial charge in [0.1, 0.15) is 5.56 Å². The summed E-state index contributed by atoms with van der Waals surface area (Å²) in [5.41, 5.74) is -0.842. The first-order valence-corrected chi connectivity index (χ1v) is 9.40. The van der Waals surface area contributed by atoms with Crippen molar-refractivity contribution < 1.29 is 28.8 Å². The molecule has 0 saturated heterocycles. The Morgan fingerprint density at radius 3 is 2.28 bits per heavy atom. The zero-order valence-electron chi connectivity index (χ0n) is 16.4. The average Bonchev–Trinajstić information content (AvgIpc) is 3.07. The fourth-order valence-corrected chi connectivity index (χ4v) is 3.40. The van der Waals surface area contributed by atoms with Crippen LogP contribution in [-0.4, -0.2) is 35.1 Å². The molecular formula is C23H14N2O7. The number of benzene rings is 3. The molecule has 3 aromatic rings. The number of fused-ring (bicyclic) bond motifs is 1. The number of esters is 1. The summed E-state index contributed by atoms with van der Waals surface area (Å²) in [7, 11) is 0. The van der Waals surface area contributed by atoms with Crippen LogP contribution in [0.2, 0.25) is 0 Å². The second kappa shape index (κ2) is 8.23. The summed E-state index contributed by atoms with van der Waals surface area (Å²) >= 11 is 0. The lowest BCUT2D eigenvalue weighted by atomic mass is 10.1. The molecule has 158 valence electrons. The number of Topliss-reactive ketones (excluding diaryl/α,β-unsaturated/α-hetero) is 1. The smallest absolute Gasteiger partial charge is 0.340 e.